The molecule has 0 aliphatic heterocycles. The van der Waals surface area contributed by atoms with Crippen molar-refractivity contribution in [2.75, 3.05) is 14.1 Å². The van der Waals surface area contributed by atoms with Gasteiger partial charge in [-0.15, -0.1) is 0 Å². The highest BCUT2D eigenvalue weighted by molar-refractivity contribution is 6.14. The Morgan fingerprint density at radius 2 is 1.71 bits per heavy atom. The third-order valence-corrected chi connectivity index (χ3v) is 8.15. The van der Waals surface area contributed by atoms with Crippen LogP contribution in [0.2, 0.25) is 0 Å². The van der Waals surface area contributed by atoms with E-state index in [4.69, 9.17) is 5.73 Å². The van der Waals surface area contributed by atoms with E-state index in [1.165, 1.54) is 18.2 Å². The largest absolute Gasteiger partial charge is 0.510 e. The van der Waals surface area contributed by atoms with Crippen LogP contribution in [0, 0.1) is 11.8 Å². The Morgan fingerprint density at radius 1 is 1.05 bits per heavy atom. The minimum atomic E-state index is -2.02. The molecule has 0 saturated carbocycles. The molecular weight excluding hydrogens is 492 g/mol. The lowest BCUT2D eigenvalue weighted by Crippen LogP contribution is -2.59. The molecule has 10 heteroatoms. The number of carboxylic acid groups (broad SMARTS) is 1. The number of carboxylic acids is 1. The molecule has 0 saturated heterocycles. The van der Waals surface area contributed by atoms with Gasteiger partial charge in [-0.3, -0.25) is 14.5 Å². The average Bonchev–Trinajstić information content (AvgIpc) is 2.85. The van der Waals surface area contributed by atoms with Crippen LogP contribution in [0.15, 0.2) is 59.1 Å². The van der Waals surface area contributed by atoms with Gasteiger partial charge >= 0.3 is 5.97 Å². The SMILES string of the molecule is CN(C)C1C(O)=C(C(N)=O)CC2(O)C(O)=C3C(=O)c4c(O)ccc(-c5ccc(C(=O)O)cc5)c4CC3CC12. The standard InChI is InChI=1S/C28H28N2O8/c1-30(2)22-18-10-14-9-16-15(12-3-5-13(6-4-12)27(36)37)7-8-19(31)21(16)24(33)20(14)25(34)28(18,38)11-17(23(22)32)26(29)35/h3-8,14,18,22,31-32,34,38H,9-11H2,1-2H3,(H2,29,35)(H,36,37). The first-order valence-corrected chi connectivity index (χ1v) is 12.1. The topological polar surface area (TPSA) is 182 Å². The van der Waals surface area contributed by atoms with Crippen molar-refractivity contribution in [3.8, 4) is 16.9 Å². The number of aromatic carboxylic acids is 1. The number of phenolic OH excluding ortho intramolecular Hbond substituents is 1. The Bertz CT molecular complexity index is 1460. The number of allylic oxidation sites excluding steroid dienone is 1. The summed E-state index contributed by atoms with van der Waals surface area (Å²) in [6.45, 7) is 0. The number of nitrogens with zero attached hydrogens (tertiary/aromatic N) is 1. The van der Waals surface area contributed by atoms with Crippen molar-refractivity contribution in [1.29, 1.82) is 0 Å². The molecule has 198 valence electrons. The van der Waals surface area contributed by atoms with Crippen molar-refractivity contribution in [3.63, 3.8) is 0 Å². The number of fused-ring (bicyclic) bond motifs is 3. The number of Topliss-reactive ketones (excluding diaryl/α,β-unsaturated/α-hetero) is 1. The van der Waals surface area contributed by atoms with Gasteiger partial charge in [-0.25, -0.2) is 4.79 Å². The first-order valence-electron chi connectivity index (χ1n) is 12.1. The molecule has 10 nitrogen and oxygen atoms in total. The zero-order valence-corrected chi connectivity index (χ0v) is 20.8. The number of hydrogen-bond donors (Lipinski definition) is 6. The Morgan fingerprint density at radius 3 is 2.29 bits per heavy atom. The van der Waals surface area contributed by atoms with Gasteiger partial charge in [-0.2, -0.15) is 0 Å². The number of benzene rings is 2. The minimum absolute atomic E-state index is 0.00172. The van der Waals surface area contributed by atoms with Crippen LogP contribution in [0.5, 0.6) is 5.75 Å². The molecule has 4 unspecified atom stereocenters. The van der Waals surface area contributed by atoms with E-state index in [1.807, 2.05) is 0 Å². The fraction of sp³-hybridized carbons (Fsp3) is 0.321. The first-order chi connectivity index (χ1) is 17.9. The maximum Gasteiger partial charge on any atom is 0.335 e. The number of aliphatic hydroxyl groups is 3. The van der Waals surface area contributed by atoms with Crippen molar-refractivity contribution in [3.05, 3.63) is 75.8 Å². The van der Waals surface area contributed by atoms with Crippen LogP contribution in [0.3, 0.4) is 0 Å². The highest BCUT2D eigenvalue weighted by atomic mass is 16.4. The molecule has 1 amide bonds. The molecule has 2 aromatic carbocycles. The number of carbonyl (C=O) groups is 3. The Hall–Kier alpha value is -4.15. The number of amides is 1. The lowest BCUT2D eigenvalue weighted by Gasteiger charge is -2.51. The second-order valence-corrected chi connectivity index (χ2v) is 10.4. The van der Waals surface area contributed by atoms with Gasteiger partial charge in [0.05, 0.1) is 22.7 Å². The number of phenols is 1. The molecule has 7 N–H and O–H groups in total. The number of primary amides is 1. The van der Waals surface area contributed by atoms with Gasteiger partial charge in [-0.1, -0.05) is 18.2 Å². The monoisotopic (exact) mass is 520 g/mol. The number of aromatic hydroxyl groups is 1. The van der Waals surface area contributed by atoms with Crippen LogP contribution in [-0.2, 0) is 11.2 Å². The zero-order valence-electron chi connectivity index (χ0n) is 20.8. The molecular formula is C28H28N2O8. The maximum absolute atomic E-state index is 13.8. The van der Waals surface area contributed by atoms with E-state index in [0.717, 1.165) is 0 Å². The summed E-state index contributed by atoms with van der Waals surface area (Å²) in [5.74, 6) is -5.09. The molecule has 0 bridgehead atoms. The average molecular weight is 521 g/mol. The second-order valence-electron chi connectivity index (χ2n) is 10.4. The summed E-state index contributed by atoms with van der Waals surface area (Å²) in [4.78, 5) is 38.8. The van der Waals surface area contributed by atoms with Gasteiger partial charge in [0.1, 0.15) is 22.9 Å². The summed E-state index contributed by atoms with van der Waals surface area (Å²) in [5, 5.41) is 53.9. The van der Waals surface area contributed by atoms with Crippen molar-refractivity contribution >= 4 is 17.7 Å². The van der Waals surface area contributed by atoms with Gasteiger partial charge < -0.3 is 31.3 Å². The fourth-order valence-corrected chi connectivity index (χ4v) is 6.40. The van der Waals surface area contributed by atoms with Crippen LogP contribution >= 0.6 is 0 Å². The third kappa shape index (κ3) is 3.59. The molecule has 0 heterocycles. The van der Waals surface area contributed by atoms with Gasteiger partial charge in [0.25, 0.3) is 0 Å². The number of likely N-dealkylation sites (N-methyl/N-ethyl adjacent to an activating group) is 1. The minimum Gasteiger partial charge on any atom is -0.510 e. The van der Waals surface area contributed by atoms with E-state index in [-0.39, 0.29) is 46.6 Å². The molecule has 2 aromatic rings. The summed E-state index contributed by atoms with van der Waals surface area (Å²) < 4.78 is 0. The van der Waals surface area contributed by atoms with E-state index in [1.54, 1.807) is 37.2 Å². The zero-order chi connectivity index (χ0) is 27.7. The third-order valence-electron chi connectivity index (χ3n) is 8.15. The van der Waals surface area contributed by atoms with Crippen LogP contribution < -0.4 is 5.73 Å². The number of carbonyl (C=O) groups excluding carboxylic acids is 2. The van der Waals surface area contributed by atoms with Gasteiger partial charge in [0.2, 0.25) is 5.91 Å². The van der Waals surface area contributed by atoms with Crippen LogP contribution in [0.25, 0.3) is 11.1 Å². The summed E-state index contributed by atoms with van der Waals surface area (Å²) in [7, 11) is 3.33. The predicted octanol–water partition coefficient (Wildman–Crippen LogP) is 2.31. The molecule has 0 fully saturated rings. The molecule has 4 atom stereocenters. The lowest BCUT2D eigenvalue weighted by molar-refractivity contribution is -0.118. The number of aliphatic hydroxyl groups excluding tert-OH is 2. The molecule has 3 aliphatic carbocycles. The molecule has 0 radical (unpaired) electrons. The molecule has 5 rings (SSSR count). The van der Waals surface area contributed by atoms with E-state index in [0.29, 0.717) is 16.7 Å². The van der Waals surface area contributed by atoms with E-state index >= 15 is 0 Å². The molecule has 38 heavy (non-hydrogen) atoms. The van der Waals surface area contributed by atoms with E-state index in [9.17, 15) is 39.9 Å². The molecule has 0 spiro atoms. The second kappa shape index (κ2) is 8.71. The van der Waals surface area contributed by atoms with Crippen molar-refractivity contribution in [1.82, 2.24) is 4.90 Å². The first kappa shape index (κ1) is 25.5. The fourth-order valence-electron chi connectivity index (χ4n) is 6.40. The number of ketones is 1. The maximum atomic E-state index is 13.8. The summed E-state index contributed by atoms with van der Waals surface area (Å²) >= 11 is 0. The summed E-state index contributed by atoms with van der Waals surface area (Å²) in [5.41, 5.74) is 5.13. The highest BCUT2D eigenvalue weighted by Gasteiger charge is 2.58. The van der Waals surface area contributed by atoms with Crippen molar-refractivity contribution in [2.45, 2.75) is 30.9 Å². The van der Waals surface area contributed by atoms with Gasteiger partial charge in [0, 0.05) is 17.9 Å². The molecule has 0 aromatic heterocycles. The predicted molar refractivity (Wildman–Crippen MR) is 136 cm³/mol. The molecule has 3 aliphatic rings. The van der Waals surface area contributed by atoms with Crippen LogP contribution in [0.1, 0.15) is 39.1 Å². The van der Waals surface area contributed by atoms with Crippen molar-refractivity contribution < 1.29 is 39.9 Å². The summed E-state index contributed by atoms with van der Waals surface area (Å²) in [6, 6.07) is 8.33. The Balaban J connectivity index is 1.66. The Kier molecular flexibility index (Phi) is 5.85. The quantitative estimate of drug-likeness (QED) is 0.352. The van der Waals surface area contributed by atoms with Crippen LogP contribution in [0.4, 0.5) is 0 Å². The van der Waals surface area contributed by atoms with Crippen molar-refractivity contribution in [2.24, 2.45) is 17.6 Å². The normalized spacial score (nSPS) is 26.6. The van der Waals surface area contributed by atoms with Gasteiger partial charge in [0.15, 0.2) is 5.78 Å². The smallest absolute Gasteiger partial charge is 0.335 e. The van der Waals surface area contributed by atoms with E-state index < -0.39 is 53.3 Å². The number of rotatable bonds is 4. The highest BCUT2D eigenvalue weighted by Crippen LogP contribution is 2.54. The lowest BCUT2D eigenvalue weighted by atomic mass is 9.59. The van der Waals surface area contributed by atoms with Gasteiger partial charge in [-0.05, 0) is 67.7 Å². The number of hydrogen-bond acceptors (Lipinski definition) is 8. The summed E-state index contributed by atoms with van der Waals surface area (Å²) in [6.07, 6.45) is -0.00878. The number of nitrogens with two attached hydrogens (primary N) is 1. The van der Waals surface area contributed by atoms with E-state index in [2.05, 4.69) is 0 Å². The van der Waals surface area contributed by atoms with Crippen LogP contribution in [-0.4, -0.2) is 73.8 Å². The Labute approximate surface area is 217 Å².